The van der Waals surface area contributed by atoms with Gasteiger partial charge in [-0.25, -0.2) is 9.50 Å². The lowest BCUT2D eigenvalue weighted by atomic mass is 10.0. The van der Waals surface area contributed by atoms with E-state index in [1.807, 2.05) is 35.0 Å². The van der Waals surface area contributed by atoms with Crippen molar-refractivity contribution in [2.24, 2.45) is 0 Å². The Labute approximate surface area is 146 Å². The Morgan fingerprint density at radius 3 is 2.68 bits per heavy atom. The molecule has 0 aliphatic rings. The van der Waals surface area contributed by atoms with Crippen LogP contribution in [0.15, 0.2) is 61.1 Å². The fraction of sp³-hybridized carbons (Fsp3) is 0.150. The minimum atomic E-state index is 0.741. The monoisotopic (exact) mass is 329 g/mol. The van der Waals surface area contributed by atoms with Crippen LogP contribution in [0.2, 0.25) is 0 Å². The van der Waals surface area contributed by atoms with Crippen LogP contribution in [0.3, 0.4) is 0 Å². The van der Waals surface area contributed by atoms with E-state index in [-0.39, 0.29) is 0 Å². The van der Waals surface area contributed by atoms with Gasteiger partial charge in [0.1, 0.15) is 5.82 Å². The van der Waals surface area contributed by atoms with Crippen molar-refractivity contribution in [2.45, 2.75) is 20.4 Å². The van der Waals surface area contributed by atoms with Gasteiger partial charge in [-0.3, -0.25) is 4.98 Å². The van der Waals surface area contributed by atoms with Crippen molar-refractivity contribution < 1.29 is 0 Å². The summed E-state index contributed by atoms with van der Waals surface area (Å²) in [5.41, 5.74) is 6.72. The fourth-order valence-electron chi connectivity index (χ4n) is 2.88. The van der Waals surface area contributed by atoms with Crippen LogP contribution in [0.5, 0.6) is 0 Å². The highest BCUT2D eigenvalue weighted by Crippen LogP contribution is 2.20. The predicted molar refractivity (Wildman–Crippen MR) is 99.5 cm³/mol. The van der Waals surface area contributed by atoms with Crippen LogP contribution < -0.4 is 5.32 Å². The number of hydrogen-bond acceptors (Lipinski definition) is 4. The zero-order valence-electron chi connectivity index (χ0n) is 14.3. The van der Waals surface area contributed by atoms with Crippen LogP contribution in [-0.4, -0.2) is 19.6 Å². The molecule has 1 N–H and O–H groups in total. The summed E-state index contributed by atoms with van der Waals surface area (Å²) in [6.45, 7) is 5.03. The fourth-order valence-corrected chi connectivity index (χ4v) is 2.88. The van der Waals surface area contributed by atoms with E-state index in [1.165, 1.54) is 16.7 Å². The van der Waals surface area contributed by atoms with Crippen LogP contribution >= 0.6 is 0 Å². The van der Waals surface area contributed by atoms with Crippen molar-refractivity contribution in [3.05, 3.63) is 77.7 Å². The van der Waals surface area contributed by atoms with Crippen molar-refractivity contribution in [1.82, 2.24) is 19.6 Å². The number of anilines is 1. The Hall–Kier alpha value is -3.21. The zero-order chi connectivity index (χ0) is 17.2. The number of nitrogens with one attached hydrogen (secondary N) is 1. The van der Waals surface area contributed by atoms with E-state index in [0.29, 0.717) is 0 Å². The summed E-state index contributed by atoms with van der Waals surface area (Å²) < 4.78 is 1.86. The van der Waals surface area contributed by atoms with Crippen LogP contribution in [-0.2, 0) is 6.54 Å². The molecule has 0 saturated carbocycles. The second kappa shape index (κ2) is 6.36. The van der Waals surface area contributed by atoms with E-state index in [9.17, 15) is 0 Å². The van der Waals surface area contributed by atoms with Crippen molar-refractivity contribution >= 4 is 11.5 Å². The molecule has 0 aliphatic heterocycles. The molecule has 4 rings (SSSR count). The Balaban J connectivity index is 1.64. The Bertz CT molecular complexity index is 1020. The van der Waals surface area contributed by atoms with Crippen LogP contribution in [0.4, 0.5) is 5.82 Å². The van der Waals surface area contributed by atoms with Gasteiger partial charge in [0.2, 0.25) is 0 Å². The van der Waals surface area contributed by atoms with E-state index in [4.69, 9.17) is 5.10 Å². The van der Waals surface area contributed by atoms with E-state index in [1.54, 1.807) is 12.4 Å². The van der Waals surface area contributed by atoms with Crippen LogP contribution in [0.1, 0.15) is 16.7 Å². The quantitative estimate of drug-likeness (QED) is 0.614. The highest BCUT2D eigenvalue weighted by atomic mass is 15.3. The maximum absolute atomic E-state index is 4.70. The lowest BCUT2D eigenvalue weighted by Crippen LogP contribution is -2.06. The normalized spacial score (nSPS) is 11.0. The van der Waals surface area contributed by atoms with Crippen LogP contribution in [0, 0.1) is 13.8 Å². The molecule has 0 fully saturated rings. The molecule has 0 radical (unpaired) electrons. The van der Waals surface area contributed by atoms with Gasteiger partial charge in [0, 0.05) is 24.5 Å². The van der Waals surface area contributed by atoms with E-state index >= 15 is 0 Å². The summed E-state index contributed by atoms with van der Waals surface area (Å²) in [7, 11) is 0. The third-order valence-electron chi connectivity index (χ3n) is 4.52. The second-order valence-electron chi connectivity index (χ2n) is 6.08. The molecule has 0 atom stereocenters. The van der Waals surface area contributed by atoms with Gasteiger partial charge in [0.15, 0.2) is 5.65 Å². The smallest absolute Gasteiger partial charge is 0.154 e. The number of aryl methyl sites for hydroxylation is 1. The molecule has 0 unspecified atom stereocenters. The first kappa shape index (κ1) is 15.3. The van der Waals surface area contributed by atoms with Gasteiger partial charge in [-0.1, -0.05) is 18.2 Å². The first-order valence-corrected chi connectivity index (χ1v) is 8.26. The number of benzene rings is 1. The average Bonchev–Trinajstić information content (AvgIpc) is 3.07. The summed E-state index contributed by atoms with van der Waals surface area (Å²) in [6, 6.07) is 14.2. The van der Waals surface area contributed by atoms with Gasteiger partial charge >= 0.3 is 0 Å². The van der Waals surface area contributed by atoms with Gasteiger partial charge in [-0.15, -0.1) is 5.10 Å². The van der Waals surface area contributed by atoms with Gasteiger partial charge in [-0.2, -0.15) is 0 Å². The van der Waals surface area contributed by atoms with Crippen molar-refractivity contribution in [3.8, 4) is 11.3 Å². The maximum atomic E-state index is 4.70. The Kier molecular flexibility index (Phi) is 3.90. The molecule has 0 bridgehead atoms. The highest BCUT2D eigenvalue weighted by molar-refractivity contribution is 5.63. The molecular weight excluding hydrogens is 310 g/mol. The Morgan fingerprint density at radius 1 is 1.00 bits per heavy atom. The maximum Gasteiger partial charge on any atom is 0.154 e. The molecule has 25 heavy (non-hydrogen) atoms. The first-order valence-electron chi connectivity index (χ1n) is 8.26. The zero-order valence-corrected chi connectivity index (χ0v) is 14.3. The average molecular weight is 329 g/mol. The highest BCUT2D eigenvalue weighted by Gasteiger charge is 2.08. The first-order chi connectivity index (χ1) is 12.2. The number of rotatable bonds is 4. The standard InChI is InChI=1S/C20H19N5/c1-14-4-3-5-17(15(14)2)12-22-19-6-7-20-23-13-18(25(20)24-19)16-8-10-21-11-9-16/h3-11,13H,12H2,1-2H3,(H,22,24). The molecule has 0 aliphatic carbocycles. The van der Waals surface area contributed by atoms with Gasteiger partial charge in [-0.05, 0) is 54.8 Å². The number of aromatic nitrogens is 4. The molecule has 5 heteroatoms. The summed E-state index contributed by atoms with van der Waals surface area (Å²) in [5.74, 6) is 0.821. The second-order valence-corrected chi connectivity index (χ2v) is 6.08. The van der Waals surface area contributed by atoms with E-state index in [0.717, 1.165) is 29.3 Å². The number of pyridine rings is 1. The van der Waals surface area contributed by atoms with Crippen molar-refractivity contribution in [3.63, 3.8) is 0 Å². The lowest BCUT2D eigenvalue weighted by molar-refractivity contribution is 0.929. The molecule has 1 aromatic carbocycles. The van der Waals surface area contributed by atoms with E-state index < -0.39 is 0 Å². The van der Waals surface area contributed by atoms with Crippen molar-refractivity contribution in [2.75, 3.05) is 5.32 Å². The number of fused-ring (bicyclic) bond motifs is 1. The number of imidazole rings is 1. The minimum absolute atomic E-state index is 0.741. The third kappa shape index (κ3) is 2.96. The summed E-state index contributed by atoms with van der Waals surface area (Å²) in [4.78, 5) is 8.50. The SMILES string of the molecule is Cc1cccc(CNc2ccc3ncc(-c4ccncc4)n3n2)c1C. The predicted octanol–water partition coefficient (Wildman–Crippen LogP) is 4.02. The summed E-state index contributed by atoms with van der Waals surface area (Å²) in [5, 5.41) is 8.12. The molecule has 124 valence electrons. The van der Waals surface area contributed by atoms with Gasteiger partial charge in [0.25, 0.3) is 0 Å². The molecule has 0 saturated heterocycles. The third-order valence-corrected chi connectivity index (χ3v) is 4.52. The summed E-state index contributed by atoms with van der Waals surface area (Å²) >= 11 is 0. The molecule has 4 aromatic rings. The molecule has 5 nitrogen and oxygen atoms in total. The van der Waals surface area contributed by atoms with E-state index in [2.05, 4.69) is 47.3 Å². The molecule has 0 spiro atoms. The molecule has 0 amide bonds. The molecule has 3 heterocycles. The molecule has 3 aromatic heterocycles. The Morgan fingerprint density at radius 2 is 1.84 bits per heavy atom. The summed E-state index contributed by atoms with van der Waals surface area (Å²) in [6.07, 6.45) is 5.39. The topological polar surface area (TPSA) is 55.1 Å². The lowest BCUT2D eigenvalue weighted by Gasteiger charge is -2.11. The van der Waals surface area contributed by atoms with Crippen LogP contribution in [0.25, 0.3) is 16.9 Å². The van der Waals surface area contributed by atoms with Gasteiger partial charge in [0.05, 0.1) is 11.9 Å². The largest absolute Gasteiger partial charge is 0.365 e. The minimum Gasteiger partial charge on any atom is -0.365 e. The van der Waals surface area contributed by atoms with Crippen molar-refractivity contribution in [1.29, 1.82) is 0 Å². The molecular formula is C20H19N5. The van der Waals surface area contributed by atoms with Gasteiger partial charge < -0.3 is 5.32 Å². The number of hydrogen-bond donors (Lipinski definition) is 1. The number of nitrogens with zero attached hydrogens (tertiary/aromatic N) is 4.